The van der Waals surface area contributed by atoms with Gasteiger partial charge in [-0.1, -0.05) is 10.1 Å². The van der Waals surface area contributed by atoms with Gasteiger partial charge in [0.15, 0.2) is 0 Å². The van der Waals surface area contributed by atoms with Crippen LogP contribution in [-0.4, -0.2) is 84.4 Å². The average molecular weight is 488 g/mol. The summed E-state index contributed by atoms with van der Waals surface area (Å²) in [5.74, 6) is -4.33. The van der Waals surface area contributed by atoms with Gasteiger partial charge in [-0.2, -0.15) is 0 Å². The van der Waals surface area contributed by atoms with Crippen molar-refractivity contribution in [2.24, 2.45) is 0 Å². The first-order valence-corrected chi connectivity index (χ1v) is 9.89. The summed E-state index contributed by atoms with van der Waals surface area (Å²) in [5.41, 5.74) is 0. The van der Waals surface area contributed by atoms with E-state index in [1.807, 2.05) is 0 Å². The summed E-state index contributed by atoms with van der Waals surface area (Å²) in [7, 11) is 0. The first kappa shape index (κ1) is 26.0. The van der Waals surface area contributed by atoms with E-state index >= 15 is 0 Å². The zero-order valence-corrected chi connectivity index (χ0v) is 17.7. The molecule has 186 valence electrons. The summed E-state index contributed by atoms with van der Waals surface area (Å²) >= 11 is 0. The van der Waals surface area contributed by atoms with Crippen LogP contribution in [0, 0.1) is 0 Å². The summed E-state index contributed by atoms with van der Waals surface area (Å²) in [6.07, 6.45) is -3.67. The second kappa shape index (κ2) is 12.7. The first-order chi connectivity index (χ1) is 16.2. The Morgan fingerprint density at radius 2 is 0.824 bits per heavy atom. The SMILES string of the molecule is O=C(CCC(=O)OCCOC(=O)ON1C(=O)CCC1=O)OCCOC(=O)ON1C(=O)CCC1=O. The number of amides is 4. The molecule has 2 aliphatic rings. The number of nitrogens with zero attached hydrogens (tertiary/aromatic N) is 2. The van der Waals surface area contributed by atoms with Gasteiger partial charge in [0, 0.05) is 25.7 Å². The van der Waals surface area contributed by atoms with Crippen molar-refractivity contribution in [2.75, 3.05) is 26.4 Å². The highest BCUT2D eigenvalue weighted by Gasteiger charge is 2.34. The lowest BCUT2D eigenvalue weighted by molar-refractivity contribution is -0.178. The molecule has 0 N–H and O–H groups in total. The minimum atomic E-state index is -1.33. The van der Waals surface area contributed by atoms with E-state index in [0.29, 0.717) is 10.1 Å². The molecule has 4 amide bonds. The predicted molar refractivity (Wildman–Crippen MR) is 98.2 cm³/mol. The molecular weight excluding hydrogens is 468 g/mol. The molecule has 2 heterocycles. The maximum Gasteiger partial charge on any atom is 0.534 e. The third-order valence-electron chi connectivity index (χ3n) is 4.01. The number of hydroxylamine groups is 4. The Kier molecular flexibility index (Phi) is 9.72. The van der Waals surface area contributed by atoms with Gasteiger partial charge >= 0.3 is 24.2 Å². The summed E-state index contributed by atoms with van der Waals surface area (Å²) in [4.78, 5) is 99.8. The maximum atomic E-state index is 11.5. The van der Waals surface area contributed by atoms with Crippen molar-refractivity contribution in [2.45, 2.75) is 38.5 Å². The lowest BCUT2D eigenvalue weighted by Crippen LogP contribution is -2.32. The standard InChI is InChI=1S/C18H20N2O14/c21-11-1-2-12(22)19(11)33-17(27)31-9-7-29-15(25)5-6-16(26)30-8-10-32-18(28)34-20-13(23)3-4-14(20)24/h1-10H2. The number of rotatable bonds is 11. The van der Waals surface area contributed by atoms with Crippen LogP contribution in [-0.2, 0) is 57.4 Å². The van der Waals surface area contributed by atoms with E-state index in [1.165, 1.54) is 0 Å². The lowest BCUT2D eigenvalue weighted by Gasteiger charge is -2.12. The normalized spacial score (nSPS) is 15.3. The van der Waals surface area contributed by atoms with E-state index in [4.69, 9.17) is 9.47 Å². The van der Waals surface area contributed by atoms with E-state index in [2.05, 4.69) is 19.1 Å². The van der Waals surface area contributed by atoms with E-state index in [1.54, 1.807) is 0 Å². The predicted octanol–water partition coefficient (Wildman–Crippen LogP) is -0.713. The van der Waals surface area contributed by atoms with Crippen molar-refractivity contribution in [1.29, 1.82) is 0 Å². The van der Waals surface area contributed by atoms with Crippen LogP contribution in [0.1, 0.15) is 38.5 Å². The Morgan fingerprint density at radius 1 is 0.529 bits per heavy atom. The molecule has 0 aliphatic carbocycles. The minimum absolute atomic E-state index is 0.0746. The van der Waals surface area contributed by atoms with E-state index in [9.17, 15) is 38.4 Å². The molecule has 0 radical (unpaired) electrons. The Labute approximate surface area is 190 Å². The van der Waals surface area contributed by atoms with Gasteiger partial charge in [-0.15, -0.1) is 0 Å². The van der Waals surface area contributed by atoms with Crippen molar-refractivity contribution < 1.29 is 67.0 Å². The van der Waals surface area contributed by atoms with Crippen molar-refractivity contribution in [3.8, 4) is 0 Å². The number of hydrogen-bond donors (Lipinski definition) is 0. The molecule has 0 spiro atoms. The van der Waals surface area contributed by atoms with Crippen LogP contribution in [0.4, 0.5) is 9.59 Å². The fourth-order valence-electron chi connectivity index (χ4n) is 2.43. The summed E-state index contributed by atoms with van der Waals surface area (Å²) in [6, 6.07) is 0. The van der Waals surface area contributed by atoms with Crippen LogP contribution in [0.15, 0.2) is 0 Å². The molecule has 0 atom stereocenters. The molecule has 0 aromatic carbocycles. The molecule has 16 nitrogen and oxygen atoms in total. The van der Waals surface area contributed by atoms with Gasteiger partial charge in [-0.3, -0.25) is 38.4 Å². The molecule has 0 bridgehead atoms. The van der Waals surface area contributed by atoms with Crippen molar-refractivity contribution in [3.63, 3.8) is 0 Å². The highest BCUT2D eigenvalue weighted by molar-refractivity contribution is 6.02. The Morgan fingerprint density at radius 3 is 1.15 bits per heavy atom. The van der Waals surface area contributed by atoms with Gasteiger partial charge in [0.2, 0.25) is 0 Å². The minimum Gasteiger partial charge on any atom is -0.462 e. The van der Waals surface area contributed by atoms with Gasteiger partial charge < -0.3 is 18.9 Å². The second-order valence-electron chi connectivity index (χ2n) is 6.48. The zero-order chi connectivity index (χ0) is 25.1. The average Bonchev–Trinajstić information content (AvgIpc) is 3.28. The Hall–Kier alpha value is -4.24. The Balaban J connectivity index is 1.47. The molecule has 16 heteroatoms. The monoisotopic (exact) mass is 488 g/mol. The molecule has 0 aromatic heterocycles. The fraction of sp³-hybridized carbons (Fsp3) is 0.556. The van der Waals surface area contributed by atoms with E-state index in [0.717, 1.165) is 0 Å². The van der Waals surface area contributed by atoms with Crippen LogP contribution >= 0.6 is 0 Å². The summed E-state index contributed by atoms with van der Waals surface area (Å²) < 4.78 is 18.5. The molecular formula is C18H20N2O14. The molecule has 2 fully saturated rings. The van der Waals surface area contributed by atoms with Crippen molar-refractivity contribution in [3.05, 3.63) is 0 Å². The largest absolute Gasteiger partial charge is 0.534 e. The number of hydrogen-bond acceptors (Lipinski definition) is 14. The van der Waals surface area contributed by atoms with Crippen LogP contribution in [0.2, 0.25) is 0 Å². The zero-order valence-electron chi connectivity index (χ0n) is 17.7. The third-order valence-corrected chi connectivity index (χ3v) is 4.01. The smallest absolute Gasteiger partial charge is 0.462 e. The van der Waals surface area contributed by atoms with Gasteiger partial charge in [0.25, 0.3) is 23.6 Å². The molecule has 2 aliphatic heterocycles. The summed E-state index contributed by atoms with van der Waals surface area (Å²) in [5, 5.41) is 0.590. The van der Waals surface area contributed by atoms with Gasteiger partial charge in [-0.25, -0.2) is 9.59 Å². The Bertz CT molecular complexity index is 767. The number of carbonyl (C=O) groups is 8. The molecule has 0 aromatic rings. The topological polar surface area (TPSA) is 198 Å². The quantitative estimate of drug-likeness (QED) is 0.153. The molecule has 34 heavy (non-hydrogen) atoms. The van der Waals surface area contributed by atoms with Crippen molar-refractivity contribution >= 4 is 47.9 Å². The van der Waals surface area contributed by atoms with Crippen molar-refractivity contribution in [1.82, 2.24) is 10.1 Å². The van der Waals surface area contributed by atoms with E-state index in [-0.39, 0.29) is 51.7 Å². The highest BCUT2D eigenvalue weighted by Crippen LogP contribution is 2.13. The van der Waals surface area contributed by atoms with Gasteiger partial charge in [-0.05, 0) is 0 Å². The molecule has 0 unspecified atom stereocenters. The number of ether oxygens (including phenoxy) is 4. The van der Waals surface area contributed by atoms with Crippen LogP contribution in [0.25, 0.3) is 0 Å². The molecule has 2 saturated heterocycles. The number of esters is 2. The highest BCUT2D eigenvalue weighted by atomic mass is 16.8. The maximum absolute atomic E-state index is 11.5. The molecule has 0 saturated carbocycles. The van der Waals surface area contributed by atoms with Crippen LogP contribution in [0.5, 0.6) is 0 Å². The summed E-state index contributed by atoms with van der Waals surface area (Å²) in [6.45, 7) is -1.59. The van der Waals surface area contributed by atoms with Gasteiger partial charge in [0.05, 0.1) is 12.8 Å². The number of carbonyl (C=O) groups excluding carboxylic acids is 8. The first-order valence-electron chi connectivity index (χ1n) is 9.89. The van der Waals surface area contributed by atoms with Crippen LogP contribution < -0.4 is 0 Å². The van der Waals surface area contributed by atoms with Crippen LogP contribution in [0.3, 0.4) is 0 Å². The van der Waals surface area contributed by atoms with E-state index < -0.39 is 61.1 Å². The fourth-order valence-corrected chi connectivity index (χ4v) is 2.43. The lowest BCUT2D eigenvalue weighted by atomic mass is 10.3. The molecule has 2 rings (SSSR count). The second-order valence-corrected chi connectivity index (χ2v) is 6.48. The van der Waals surface area contributed by atoms with Gasteiger partial charge in [0.1, 0.15) is 26.4 Å². The third kappa shape index (κ3) is 8.36. The number of imide groups is 2.